The maximum atomic E-state index is 13.7. The summed E-state index contributed by atoms with van der Waals surface area (Å²) in [5, 5.41) is 5.43. The van der Waals surface area contributed by atoms with E-state index in [0.717, 1.165) is 81.7 Å². The average Bonchev–Trinajstić information content (AvgIpc) is 4.03. The lowest BCUT2D eigenvalue weighted by Gasteiger charge is -2.30. The summed E-state index contributed by atoms with van der Waals surface area (Å²) in [6, 6.07) is 19.0. The van der Waals surface area contributed by atoms with Crippen LogP contribution in [0.1, 0.15) is 77.1 Å². The van der Waals surface area contributed by atoms with E-state index in [0.29, 0.717) is 13.1 Å². The summed E-state index contributed by atoms with van der Waals surface area (Å²) in [4.78, 5) is 68.5. The molecule has 3 N–H and O–H groups in total. The minimum atomic E-state index is -0.692. The number of benzene rings is 3. The molecule has 0 bridgehead atoms. The number of H-pyrrole nitrogens is 1. The number of nitrogens with zero attached hydrogens (tertiary/aromatic N) is 5. The minimum absolute atomic E-state index is 0.108. The number of hydrogen-bond acceptors (Lipinski definition) is 8. The molecule has 2 aliphatic heterocycles. The van der Waals surface area contributed by atoms with Crippen molar-refractivity contribution in [2.45, 2.75) is 77.5 Å². The van der Waals surface area contributed by atoms with Gasteiger partial charge in [-0.1, -0.05) is 64.1 Å². The Morgan fingerprint density at radius 2 is 1.19 bits per heavy atom. The van der Waals surface area contributed by atoms with E-state index in [1.807, 2.05) is 56.7 Å². The van der Waals surface area contributed by atoms with E-state index in [4.69, 9.17) is 19.4 Å². The topological polar surface area (TPSA) is 164 Å². The standard InChI is InChI=1S/C43H52N8O6/c1-24(2)36(47-42(54)56-6)40(52)50-20-8-10-33(50)38-44-30-18-16-28(22-32(30)45-38)26-12-14-27(15-13-26)29-17-19-31-35(23-29)49(5)39(46-31)34-11-9-21-51(34)41(53)37(25(3)4)48-43(55)57-7/h12-19,22-25,33-34,36-37H,8-11,20-21H2,1-7H3,(H,44,45)(H,47,54)(H,48,55)/t33-,34-,36-,37-/m0/s1. The number of aryl methyl sites for hydroxylation is 1. The first-order chi connectivity index (χ1) is 27.4. The SMILES string of the molecule is COC(=O)N[C@H](C(=O)N1CCC[C@H]1c1nc2cc(-c3ccc(-c4ccc5nc([C@@H]6CCCN6C(=O)[C@@H](NC(=O)OC)C(C)C)n(C)c5c4)cc3)ccc2[nH]1)C(C)C. The number of nitrogens with one attached hydrogen (secondary N) is 3. The summed E-state index contributed by atoms with van der Waals surface area (Å²) in [5.41, 5.74) is 7.73. The van der Waals surface area contributed by atoms with Crippen molar-refractivity contribution in [2.75, 3.05) is 27.3 Å². The Morgan fingerprint density at radius 3 is 1.75 bits per heavy atom. The van der Waals surface area contributed by atoms with Crippen LogP contribution in [-0.4, -0.2) is 92.7 Å². The molecular weight excluding hydrogens is 725 g/mol. The third-order valence-electron chi connectivity index (χ3n) is 11.4. The number of rotatable bonds is 10. The van der Waals surface area contributed by atoms with Gasteiger partial charge in [0.15, 0.2) is 0 Å². The maximum absolute atomic E-state index is 13.7. The third kappa shape index (κ3) is 7.77. The number of hydrogen-bond donors (Lipinski definition) is 3. The number of imidazole rings is 2. The zero-order valence-corrected chi connectivity index (χ0v) is 33.7. The number of amides is 4. The van der Waals surface area contributed by atoms with Gasteiger partial charge >= 0.3 is 12.2 Å². The normalized spacial score (nSPS) is 18.1. The Hall–Kier alpha value is -5.92. The van der Waals surface area contributed by atoms with Gasteiger partial charge in [0.25, 0.3) is 0 Å². The number of fused-ring (bicyclic) bond motifs is 2. The highest BCUT2D eigenvalue weighted by atomic mass is 16.5. The number of ether oxygens (including phenoxy) is 2. The Labute approximate surface area is 332 Å². The van der Waals surface area contributed by atoms with E-state index in [1.54, 1.807) is 0 Å². The van der Waals surface area contributed by atoms with Crippen LogP contribution in [0.4, 0.5) is 9.59 Å². The molecule has 4 heterocycles. The van der Waals surface area contributed by atoms with E-state index in [1.165, 1.54) is 14.2 Å². The van der Waals surface area contributed by atoms with E-state index in [2.05, 4.69) is 68.7 Å². The maximum Gasteiger partial charge on any atom is 0.407 e. The molecular formula is C43H52N8O6. The van der Waals surface area contributed by atoms with Crippen molar-refractivity contribution < 1.29 is 28.7 Å². The molecule has 2 aliphatic rings. The molecule has 7 rings (SSSR count). The first-order valence-corrected chi connectivity index (χ1v) is 19.7. The highest BCUT2D eigenvalue weighted by Crippen LogP contribution is 2.37. The lowest BCUT2D eigenvalue weighted by molar-refractivity contribution is -0.136. The fourth-order valence-electron chi connectivity index (χ4n) is 8.27. The summed E-state index contributed by atoms with van der Waals surface area (Å²) in [6.45, 7) is 8.82. The first kappa shape index (κ1) is 39.3. The van der Waals surface area contributed by atoms with Crippen molar-refractivity contribution in [3.63, 3.8) is 0 Å². The molecule has 4 atom stereocenters. The van der Waals surface area contributed by atoms with E-state index >= 15 is 0 Å². The van der Waals surface area contributed by atoms with Crippen LogP contribution in [0.15, 0.2) is 60.7 Å². The fourth-order valence-corrected chi connectivity index (χ4v) is 8.27. The van der Waals surface area contributed by atoms with Crippen molar-refractivity contribution in [3.8, 4) is 22.3 Å². The molecule has 300 valence electrons. The van der Waals surface area contributed by atoms with Crippen LogP contribution >= 0.6 is 0 Å². The first-order valence-electron chi connectivity index (χ1n) is 19.7. The van der Waals surface area contributed by atoms with Crippen LogP contribution in [0.5, 0.6) is 0 Å². The molecule has 2 fully saturated rings. The number of carbonyl (C=O) groups is 4. The molecule has 0 aliphatic carbocycles. The summed E-state index contributed by atoms with van der Waals surface area (Å²) in [7, 11) is 4.58. The molecule has 0 radical (unpaired) electrons. The molecule has 14 nitrogen and oxygen atoms in total. The summed E-state index contributed by atoms with van der Waals surface area (Å²) in [6.07, 6.45) is 2.03. The summed E-state index contributed by atoms with van der Waals surface area (Å²) in [5.74, 6) is 1.08. The fraction of sp³-hybridized carbons (Fsp3) is 0.442. The van der Waals surface area contributed by atoms with Crippen LogP contribution in [0.25, 0.3) is 44.3 Å². The second-order valence-electron chi connectivity index (χ2n) is 15.8. The van der Waals surface area contributed by atoms with Crippen molar-refractivity contribution >= 4 is 46.1 Å². The van der Waals surface area contributed by atoms with Crippen molar-refractivity contribution in [1.29, 1.82) is 0 Å². The number of likely N-dealkylation sites (tertiary alicyclic amines) is 2. The molecule has 14 heteroatoms. The molecule has 2 aromatic heterocycles. The Morgan fingerprint density at radius 1 is 0.684 bits per heavy atom. The van der Waals surface area contributed by atoms with Gasteiger partial charge in [0, 0.05) is 20.1 Å². The van der Waals surface area contributed by atoms with E-state index in [9.17, 15) is 19.2 Å². The van der Waals surface area contributed by atoms with Gasteiger partial charge in [-0.15, -0.1) is 0 Å². The largest absolute Gasteiger partial charge is 0.453 e. The third-order valence-corrected chi connectivity index (χ3v) is 11.4. The number of methoxy groups -OCH3 is 2. The van der Waals surface area contributed by atoms with Gasteiger partial charge < -0.3 is 39.5 Å². The van der Waals surface area contributed by atoms with Gasteiger partial charge in [-0.25, -0.2) is 19.6 Å². The summed E-state index contributed by atoms with van der Waals surface area (Å²) >= 11 is 0. The molecule has 0 saturated carbocycles. The number of alkyl carbamates (subject to hydrolysis) is 2. The van der Waals surface area contributed by atoms with Crippen LogP contribution in [-0.2, 0) is 26.1 Å². The number of aromatic nitrogens is 4. The van der Waals surface area contributed by atoms with Crippen LogP contribution < -0.4 is 10.6 Å². The number of carbonyl (C=O) groups excluding carboxylic acids is 4. The lowest BCUT2D eigenvalue weighted by atomic mass is 10.00. The molecule has 5 aromatic rings. The minimum Gasteiger partial charge on any atom is -0.453 e. The highest BCUT2D eigenvalue weighted by Gasteiger charge is 2.39. The molecule has 0 unspecified atom stereocenters. The molecule has 4 amide bonds. The van der Waals surface area contributed by atoms with Gasteiger partial charge in [-0.05, 0) is 84.0 Å². The Kier molecular flexibility index (Phi) is 11.2. The van der Waals surface area contributed by atoms with Crippen molar-refractivity contribution in [2.24, 2.45) is 18.9 Å². The number of aromatic amines is 1. The van der Waals surface area contributed by atoms with Gasteiger partial charge in [-0.2, -0.15) is 0 Å². The Balaban J connectivity index is 1.08. The van der Waals surface area contributed by atoms with Gasteiger partial charge in [0.1, 0.15) is 23.7 Å². The molecule has 2 saturated heterocycles. The second kappa shape index (κ2) is 16.3. The second-order valence-corrected chi connectivity index (χ2v) is 15.8. The lowest BCUT2D eigenvalue weighted by Crippen LogP contribution is -2.51. The predicted octanol–water partition coefficient (Wildman–Crippen LogP) is 6.87. The molecule has 57 heavy (non-hydrogen) atoms. The van der Waals surface area contributed by atoms with Crippen LogP contribution in [0.3, 0.4) is 0 Å². The quantitative estimate of drug-likeness (QED) is 0.138. The van der Waals surface area contributed by atoms with Crippen LogP contribution in [0, 0.1) is 11.8 Å². The highest BCUT2D eigenvalue weighted by molar-refractivity contribution is 5.88. The molecule has 0 spiro atoms. The summed E-state index contributed by atoms with van der Waals surface area (Å²) < 4.78 is 11.6. The van der Waals surface area contributed by atoms with Crippen LogP contribution in [0.2, 0.25) is 0 Å². The average molecular weight is 777 g/mol. The zero-order chi connectivity index (χ0) is 40.5. The monoisotopic (exact) mass is 776 g/mol. The zero-order valence-electron chi connectivity index (χ0n) is 33.7. The molecule has 3 aromatic carbocycles. The van der Waals surface area contributed by atoms with Crippen molar-refractivity contribution in [1.82, 2.24) is 40.0 Å². The van der Waals surface area contributed by atoms with E-state index in [-0.39, 0.29) is 35.7 Å². The van der Waals surface area contributed by atoms with Crippen molar-refractivity contribution in [3.05, 3.63) is 72.3 Å². The smallest absolute Gasteiger partial charge is 0.407 e. The van der Waals surface area contributed by atoms with Gasteiger partial charge in [-0.3, -0.25) is 9.59 Å². The predicted molar refractivity (Wildman–Crippen MR) is 217 cm³/mol. The van der Waals surface area contributed by atoms with Gasteiger partial charge in [0.05, 0.1) is 48.4 Å². The van der Waals surface area contributed by atoms with Gasteiger partial charge in [0.2, 0.25) is 11.8 Å². The van der Waals surface area contributed by atoms with E-state index < -0.39 is 24.3 Å². The Bertz CT molecular complexity index is 2300.